The summed E-state index contributed by atoms with van der Waals surface area (Å²) in [6, 6.07) is 12.4. The topological polar surface area (TPSA) is 46.2 Å². The number of thiophene rings is 1. The molecule has 0 radical (unpaired) electrons. The van der Waals surface area contributed by atoms with Gasteiger partial charge in [0, 0.05) is 11.4 Å². The van der Waals surface area contributed by atoms with Crippen LogP contribution in [0.1, 0.15) is 4.88 Å². The van der Waals surface area contributed by atoms with Crippen LogP contribution >= 0.6 is 27.3 Å². The largest absolute Gasteiger partial charge is 0.240 e. The molecule has 1 N–H and O–H groups in total. The van der Waals surface area contributed by atoms with Crippen LogP contribution in [0, 0.1) is 0 Å². The minimum atomic E-state index is -3.38. The molecule has 0 aliphatic carbocycles. The molecule has 0 aliphatic rings. The third kappa shape index (κ3) is 3.65. The fourth-order valence-electron chi connectivity index (χ4n) is 1.48. The number of hydrogen-bond donors (Lipinski definition) is 1. The van der Waals surface area contributed by atoms with E-state index in [-0.39, 0.29) is 0 Å². The molecular weight excluding hydrogens is 334 g/mol. The zero-order chi connectivity index (χ0) is 13.0. The summed E-state index contributed by atoms with van der Waals surface area (Å²) in [5.74, 6) is 0. The maximum atomic E-state index is 11.9. The molecule has 0 atom stereocenters. The summed E-state index contributed by atoms with van der Waals surface area (Å²) in [4.78, 5) is 1.45. The van der Waals surface area contributed by atoms with Crippen molar-refractivity contribution in [3.05, 3.63) is 51.1 Å². The maximum absolute atomic E-state index is 11.9. The Hall–Kier alpha value is -0.690. The minimum absolute atomic E-state index is 0.303. The van der Waals surface area contributed by atoms with Crippen molar-refractivity contribution in [2.75, 3.05) is 6.54 Å². The Morgan fingerprint density at radius 1 is 1.11 bits per heavy atom. The molecule has 6 heteroatoms. The van der Waals surface area contributed by atoms with Crippen molar-refractivity contribution in [3.8, 4) is 0 Å². The second-order valence-corrected chi connectivity index (χ2v) is 7.98. The lowest BCUT2D eigenvalue weighted by Gasteiger charge is -2.05. The third-order valence-corrected chi connectivity index (χ3v) is 5.51. The first-order valence-electron chi connectivity index (χ1n) is 5.37. The third-order valence-electron chi connectivity index (χ3n) is 2.35. The molecule has 0 aliphatic heterocycles. The molecule has 0 saturated carbocycles. The van der Waals surface area contributed by atoms with Crippen LogP contribution in [0.2, 0.25) is 0 Å². The van der Waals surface area contributed by atoms with Gasteiger partial charge in [-0.15, -0.1) is 11.3 Å². The molecule has 3 nitrogen and oxygen atoms in total. The molecule has 0 bridgehead atoms. The highest BCUT2D eigenvalue weighted by molar-refractivity contribution is 9.11. The molecular formula is C12H12BrNO2S2. The minimum Gasteiger partial charge on any atom is -0.211 e. The van der Waals surface area contributed by atoms with Gasteiger partial charge in [0.15, 0.2) is 0 Å². The molecule has 0 saturated heterocycles. The van der Waals surface area contributed by atoms with Crippen molar-refractivity contribution in [2.45, 2.75) is 11.3 Å². The van der Waals surface area contributed by atoms with E-state index in [9.17, 15) is 8.42 Å². The lowest BCUT2D eigenvalue weighted by atomic mass is 10.3. The highest BCUT2D eigenvalue weighted by atomic mass is 79.9. The number of halogens is 1. The normalized spacial score (nSPS) is 11.6. The molecule has 96 valence electrons. The molecule has 18 heavy (non-hydrogen) atoms. The number of hydrogen-bond acceptors (Lipinski definition) is 3. The second kappa shape index (κ2) is 5.97. The number of benzene rings is 1. The Labute approximate surface area is 119 Å². The molecule has 0 spiro atoms. The van der Waals surface area contributed by atoms with Crippen LogP contribution in [-0.2, 0) is 16.4 Å². The molecule has 0 fully saturated rings. The van der Waals surface area contributed by atoms with Gasteiger partial charge in [0.2, 0.25) is 10.0 Å². The standard InChI is InChI=1S/C12H12BrNO2S2/c13-12-7-6-10(17-12)8-9-14-18(15,16)11-4-2-1-3-5-11/h1-7,14H,8-9H2. The van der Waals surface area contributed by atoms with E-state index in [0.29, 0.717) is 17.9 Å². The Morgan fingerprint density at radius 2 is 1.83 bits per heavy atom. The zero-order valence-corrected chi connectivity index (χ0v) is 12.7. The van der Waals surface area contributed by atoms with Gasteiger partial charge in [-0.1, -0.05) is 18.2 Å². The predicted octanol–water partition coefficient (Wildman–Crippen LogP) is 3.03. The van der Waals surface area contributed by atoms with Crippen LogP contribution in [0.25, 0.3) is 0 Å². The van der Waals surface area contributed by atoms with E-state index in [1.54, 1.807) is 41.7 Å². The number of sulfonamides is 1. The molecule has 0 amide bonds. The average Bonchev–Trinajstić information content (AvgIpc) is 2.76. The number of nitrogens with one attached hydrogen (secondary N) is 1. The average molecular weight is 346 g/mol. The van der Waals surface area contributed by atoms with Crippen LogP contribution in [0.5, 0.6) is 0 Å². The summed E-state index contributed by atoms with van der Waals surface area (Å²) in [6.07, 6.45) is 0.697. The van der Waals surface area contributed by atoms with Gasteiger partial charge < -0.3 is 0 Å². The first kappa shape index (κ1) is 13.7. The zero-order valence-electron chi connectivity index (χ0n) is 9.47. The van der Waals surface area contributed by atoms with Crippen molar-refractivity contribution >= 4 is 37.3 Å². The van der Waals surface area contributed by atoms with Crippen molar-refractivity contribution < 1.29 is 8.42 Å². The van der Waals surface area contributed by atoms with E-state index in [4.69, 9.17) is 0 Å². The van der Waals surface area contributed by atoms with Crippen LogP contribution in [0.4, 0.5) is 0 Å². The van der Waals surface area contributed by atoms with E-state index >= 15 is 0 Å². The van der Waals surface area contributed by atoms with E-state index < -0.39 is 10.0 Å². The van der Waals surface area contributed by atoms with Gasteiger partial charge in [-0.2, -0.15) is 0 Å². The Bertz CT molecular complexity index is 608. The van der Waals surface area contributed by atoms with Crippen LogP contribution in [-0.4, -0.2) is 15.0 Å². The summed E-state index contributed by atoms with van der Waals surface area (Å²) in [7, 11) is -3.38. The van der Waals surface area contributed by atoms with Gasteiger partial charge in [-0.05, 0) is 46.6 Å². The summed E-state index contributed by atoms with van der Waals surface area (Å²) in [5, 5.41) is 0. The van der Waals surface area contributed by atoms with Crippen molar-refractivity contribution in [2.24, 2.45) is 0 Å². The van der Waals surface area contributed by atoms with Gasteiger partial charge in [0.25, 0.3) is 0 Å². The summed E-state index contributed by atoms with van der Waals surface area (Å²) >= 11 is 5.00. The van der Waals surface area contributed by atoms with E-state index in [1.165, 1.54) is 0 Å². The number of rotatable bonds is 5. The summed E-state index contributed by atoms with van der Waals surface area (Å²) in [5.41, 5.74) is 0. The highest BCUT2D eigenvalue weighted by Gasteiger charge is 2.12. The first-order chi connectivity index (χ1) is 8.58. The quantitative estimate of drug-likeness (QED) is 0.905. The summed E-state index contributed by atoms with van der Waals surface area (Å²) in [6.45, 7) is 0.407. The van der Waals surface area contributed by atoms with E-state index in [2.05, 4.69) is 20.7 Å². The van der Waals surface area contributed by atoms with Crippen molar-refractivity contribution in [3.63, 3.8) is 0 Å². The van der Waals surface area contributed by atoms with Gasteiger partial charge >= 0.3 is 0 Å². The fraction of sp³-hybridized carbons (Fsp3) is 0.167. The van der Waals surface area contributed by atoms with Crippen molar-refractivity contribution in [1.29, 1.82) is 0 Å². The van der Waals surface area contributed by atoms with Crippen molar-refractivity contribution in [1.82, 2.24) is 4.72 Å². The highest BCUT2D eigenvalue weighted by Crippen LogP contribution is 2.22. The predicted molar refractivity (Wildman–Crippen MR) is 77.4 cm³/mol. The molecule has 0 unspecified atom stereocenters. The molecule has 2 rings (SSSR count). The Kier molecular flexibility index (Phi) is 4.55. The smallest absolute Gasteiger partial charge is 0.211 e. The molecule has 2 aromatic rings. The van der Waals surface area contributed by atoms with Gasteiger partial charge in [0.05, 0.1) is 8.68 Å². The fourth-order valence-corrected chi connectivity index (χ4v) is 4.01. The lowest BCUT2D eigenvalue weighted by molar-refractivity contribution is 0.582. The first-order valence-corrected chi connectivity index (χ1v) is 8.46. The molecule has 1 aromatic carbocycles. The van der Waals surface area contributed by atoms with E-state index in [1.807, 2.05) is 12.1 Å². The van der Waals surface area contributed by atoms with Gasteiger partial charge in [-0.3, -0.25) is 0 Å². The Balaban J connectivity index is 1.94. The monoisotopic (exact) mass is 345 g/mol. The van der Waals surface area contributed by atoms with Crippen LogP contribution < -0.4 is 4.72 Å². The second-order valence-electron chi connectivity index (χ2n) is 3.67. The van der Waals surface area contributed by atoms with Crippen LogP contribution in [0.3, 0.4) is 0 Å². The summed E-state index contributed by atoms with van der Waals surface area (Å²) < 4.78 is 27.5. The maximum Gasteiger partial charge on any atom is 0.240 e. The lowest BCUT2D eigenvalue weighted by Crippen LogP contribution is -2.25. The molecule has 1 aromatic heterocycles. The molecule has 1 heterocycles. The van der Waals surface area contributed by atoms with Crippen LogP contribution in [0.15, 0.2) is 51.1 Å². The van der Waals surface area contributed by atoms with Gasteiger partial charge in [-0.25, -0.2) is 13.1 Å². The SMILES string of the molecule is O=S(=O)(NCCc1ccc(Br)s1)c1ccccc1. The Morgan fingerprint density at radius 3 is 2.44 bits per heavy atom. The van der Waals surface area contributed by atoms with E-state index in [0.717, 1.165) is 8.66 Å². The van der Waals surface area contributed by atoms with Gasteiger partial charge in [0.1, 0.15) is 0 Å².